The van der Waals surface area contributed by atoms with Crippen molar-refractivity contribution in [3.8, 4) is 0 Å². The summed E-state index contributed by atoms with van der Waals surface area (Å²) in [6.45, 7) is 0. The smallest absolute Gasteiger partial charge is 0.153 e. The minimum absolute atomic E-state index is 1.02. The number of aromatic nitrogens is 3. The van der Waals surface area contributed by atoms with Crippen molar-refractivity contribution in [1.82, 2.24) is 15.0 Å². The van der Waals surface area contributed by atoms with E-state index in [4.69, 9.17) is 4.98 Å². The molecule has 0 aliphatic heterocycles. The van der Waals surface area contributed by atoms with Crippen molar-refractivity contribution in [3.63, 3.8) is 0 Å². The lowest BCUT2D eigenvalue weighted by Crippen LogP contribution is -2.01. The molecule has 0 spiro atoms. The molecule has 0 unspecified atom stereocenters. The molecule has 0 aliphatic rings. The zero-order valence-electron chi connectivity index (χ0n) is 10.4. The maximum atomic E-state index is 4.70. The number of fused-ring (bicyclic) bond motifs is 1. The number of pyridine rings is 1. The average Bonchev–Trinajstić information content (AvgIpc) is 2.84. The molecular weight excluding hydrogens is 242 g/mol. The van der Waals surface area contributed by atoms with Crippen LogP contribution in [0.25, 0.3) is 11.0 Å². The fourth-order valence-corrected chi connectivity index (χ4v) is 3.55. The Morgan fingerprint density at radius 2 is 1.78 bits per heavy atom. The van der Waals surface area contributed by atoms with E-state index in [0.717, 1.165) is 21.2 Å². The Morgan fingerprint density at radius 1 is 1.00 bits per heavy atom. The van der Waals surface area contributed by atoms with Gasteiger partial charge >= 0.3 is 0 Å². The van der Waals surface area contributed by atoms with Crippen LogP contribution in [0.1, 0.15) is 0 Å². The summed E-state index contributed by atoms with van der Waals surface area (Å²) >= 11 is 0. The van der Waals surface area contributed by atoms with Gasteiger partial charge in [-0.2, -0.15) is 0 Å². The molecule has 3 nitrogen and oxygen atoms in total. The number of para-hydroxylation sites is 2. The van der Waals surface area contributed by atoms with Gasteiger partial charge in [-0.05, 0) is 36.8 Å². The van der Waals surface area contributed by atoms with Crippen molar-refractivity contribution in [1.29, 1.82) is 0 Å². The molecule has 3 rings (SSSR count). The monoisotopic (exact) mass is 257 g/mol. The van der Waals surface area contributed by atoms with Gasteiger partial charge in [0.25, 0.3) is 0 Å². The Kier molecular flexibility index (Phi) is 2.59. The molecule has 0 aliphatic carbocycles. The molecule has 1 aromatic carbocycles. The molecule has 2 aromatic heterocycles. The van der Waals surface area contributed by atoms with Crippen molar-refractivity contribution in [2.24, 2.45) is 0 Å². The molecule has 0 radical (unpaired) electrons. The van der Waals surface area contributed by atoms with Gasteiger partial charge < -0.3 is 4.98 Å². The molecule has 3 aromatic rings. The largest absolute Gasteiger partial charge is 0.334 e. The molecular formula is C14H15N3S. The fourth-order valence-electron chi connectivity index (χ4n) is 1.92. The van der Waals surface area contributed by atoms with Crippen LogP contribution in [0.4, 0.5) is 0 Å². The van der Waals surface area contributed by atoms with Gasteiger partial charge in [-0.3, -0.25) is 4.98 Å². The summed E-state index contributed by atoms with van der Waals surface area (Å²) in [5.41, 5.74) is 2.10. The van der Waals surface area contributed by atoms with E-state index < -0.39 is 10.0 Å². The lowest BCUT2D eigenvalue weighted by atomic mass is 10.3. The number of aromatic amines is 1. The highest BCUT2D eigenvalue weighted by atomic mass is 32.3. The third kappa shape index (κ3) is 1.78. The normalized spacial score (nSPS) is 12.8. The molecule has 0 atom stereocenters. The lowest BCUT2D eigenvalue weighted by Gasteiger charge is -2.27. The summed E-state index contributed by atoms with van der Waals surface area (Å²) in [5, 5.41) is 2.13. The van der Waals surface area contributed by atoms with E-state index in [2.05, 4.69) is 34.6 Å². The van der Waals surface area contributed by atoms with E-state index in [-0.39, 0.29) is 0 Å². The Bertz CT molecular complexity index is 641. The van der Waals surface area contributed by atoms with Crippen molar-refractivity contribution < 1.29 is 0 Å². The van der Waals surface area contributed by atoms with Gasteiger partial charge in [0, 0.05) is 6.20 Å². The van der Waals surface area contributed by atoms with Crippen molar-refractivity contribution >= 4 is 21.1 Å². The Balaban J connectivity index is 2.13. The molecule has 1 N–H and O–H groups in total. The topological polar surface area (TPSA) is 41.6 Å². The number of benzene rings is 1. The summed E-state index contributed by atoms with van der Waals surface area (Å²) in [5.74, 6) is 0. The van der Waals surface area contributed by atoms with Crippen LogP contribution >= 0.6 is 10.0 Å². The first-order chi connectivity index (χ1) is 8.68. The first-order valence-corrected chi connectivity index (χ1v) is 8.22. The maximum Gasteiger partial charge on any atom is 0.153 e. The Labute approximate surface area is 108 Å². The molecule has 0 amide bonds. The fraction of sp³-hybridized carbons (Fsp3) is 0.143. The van der Waals surface area contributed by atoms with Crippen molar-refractivity contribution in [3.05, 3.63) is 48.7 Å². The van der Waals surface area contributed by atoms with Crippen LogP contribution in [0.3, 0.4) is 0 Å². The van der Waals surface area contributed by atoms with E-state index in [9.17, 15) is 0 Å². The summed E-state index contributed by atoms with van der Waals surface area (Å²) in [6.07, 6.45) is 6.27. The summed E-state index contributed by atoms with van der Waals surface area (Å²) in [4.78, 5) is 12.6. The molecule has 2 heterocycles. The van der Waals surface area contributed by atoms with Gasteiger partial charge in [-0.15, -0.1) is 10.0 Å². The highest BCUT2D eigenvalue weighted by molar-refractivity contribution is 8.32. The number of nitrogens with zero attached hydrogens (tertiary/aromatic N) is 2. The van der Waals surface area contributed by atoms with Crippen LogP contribution in [-0.4, -0.2) is 27.5 Å². The third-order valence-corrected chi connectivity index (χ3v) is 5.46. The van der Waals surface area contributed by atoms with Crippen LogP contribution in [-0.2, 0) is 0 Å². The quantitative estimate of drug-likeness (QED) is 0.764. The van der Waals surface area contributed by atoms with E-state index in [1.54, 1.807) is 0 Å². The molecule has 0 saturated carbocycles. The van der Waals surface area contributed by atoms with Crippen LogP contribution in [0.5, 0.6) is 0 Å². The molecule has 0 bridgehead atoms. The number of hydrogen-bond donors (Lipinski definition) is 1. The highest BCUT2D eigenvalue weighted by Crippen LogP contribution is 2.54. The zero-order valence-corrected chi connectivity index (χ0v) is 11.2. The number of rotatable bonds is 2. The maximum absolute atomic E-state index is 4.70. The van der Waals surface area contributed by atoms with Gasteiger partial charge in [0.1, 0.15) is 0 Å². The van der Waals surface area contributed by atoms with Gasteiger partial charge in [-0.25, -0.2) is 4.98 Å². The van der Waals surface area contributed by atoms with Crippen molar-refractivity contribution in [2.45, 2.75) is 10.2 Å². The number of hydrogen-bond acceptors (Lipinski definition) is 2. The Hall–Kier alpha value is -1.81. The number of H-pyrrole nitrogens is 1. The lowest BCUT2D eigenvalue weighted by molar-refractivity contribution is 1.03. The molecule has 0 saturated heterocycles. The van der Waals surface area contributed by atoms with E-state index >= 15 is 0 Å². The van der Waals surface area contributed by atoms with Crippen LogP contribution in [0, 0.1) is 0 Å². The molecule has 92 valence electrons. The summed E-state index contributed by atoms with van der Waals surface area (Å²) < 4.78 is 0. The third-order valence-electron chi connectivity index (χ3n) is 3.01. The van der Waals surface area contributed by atoms with Crippen molar-refractivity contribution in [2.75, 3.05) is 12.5 Å². The van der Waals surface area contributed by atoms with Gasteiger partial charge in [-0.1, -0.05) is 18.2 Å². The standard InChI is InChI=1S/C14H15N3S/c1-18(2,13-9-5-6-10-15-13)14-16-11-7-3-4-8-12(11)17-14/h3-10H,1-2H3,(H,16,17). The van der Waals surface area contributed by atoms with E-state index in [0.29, 0.717) is 0 Å². The SMILES string of the molecule is CS(C)(c1ccccn1)c1nc2ccccc2[nH]1. The number of imidazole rings is 1. The Morgan fingerprint density at radius 3 is 2.50 bits per heavy atom. The molecule has 4 heteroatoms. The second kappa shape index (κ2) is 4.14. The second-order valence-corrected chi connectivity index (χ2v) is 8.01. The van der Waals surface area contributed by atoms with Gasteiger partial charge in [0.15, 0.2) is 5.16 Å². The minimum Gasteiger partial charge on any atom is -0.334 e. The summed E-state index contributed by atoms with van der Waals surface area (Å²) in [7, 11) is -1.18. The van der Waals surface area contributed by atoms with Crippen LogP contribution in [0.2, 0.25) is 0 Å². The average molecular weight is 257 g/mol. The minimum atomic E-state index is -1.18. The predicted molar refractivity (Wildman–Crippen MR) is 76.3 cm³/mol. The van der Waals surface area contributed by atoms with E-state index in [1.807, 2.05) is 36.5 Å². The predicted octanol–water partition coefficient (Wildman–Crippen LogP) is 3.44. The van der Waals surface area contributed by atoms with Gasteiger partial charge in [0.2, 0.25) is 0 Å². The van der Waals surface area contributed by atoms with E-state index in [1.165, 1.54) is 0 Å². The number of nitrogens with one attached hydrogen (secondary N) is 1. The summed E-state index contributed by atoms with van der Waals surface area (Å²) in [6, 6.07) is 14.2. The molecule has 18 heavy (non-hydrogen) atoms. The second-order valence-electron chi connectivity index (χ2n) is 4.55. The first-order valence-electron chi connectivity index (χ1n) is 5.77. The van der Waals surface area contributed by atoms with Gasteiger partial charge in [0.05, 0.1) is 16.1 Å². The zero-order chi connectivity index (χ0) is 12.6. The first kappa shape index (κ1) is 11.3. The van der Waals surface area contributed by atoms with Crippen LogP contribution < -0.4 is 0 Å². The van der Waals surface area contributed by atoms with Crippen LogP contribution in [0.15, 0.2) is 58.8 Å². The highest BCUT2D eigenvalue weighted by Gasteiger charge is 2.22. The molecule has 0 fully saturated rings.